The van der Waals surface area contributed by atoms with Crippen LogP contribution in [-0.4, -0.2) is 42.1 Å². The van der Waals surface area contributed by atoms with Crippen LogP contribution in [0.2, 0.25) is 0 Å². The van der Waals surface area contributed by atoms with Crippen LogP contribution in [0.15, 0.2) is 4.99 Å². The average Bonchev–Trinajstić information content (AvgIpc) is 2.72. The maximum Gasteiger partial charge on any atom is 0.345 e. The van der Waals surface area contributed by atoms with Crippen molar-refractivity contribution in [3.63, 3.8) is 0 Å². The van der Waals surface area contributed by atoms with Gasteiger partial charge in [-0.3, -0.25) is 0 Å². The molecule has 1 fully saturated rings. The van der Waals surface area contributed by atoms with Crippen molar-refractivity contribution in [3.05, 3.63) is 0 Å². The Morgan fingerprint density at radius 2 is 2.50 bits per heavy atom. The fourth-order valence-corrected chi connectivity index (χ4v) is 2.09. The van der Waals surface area contributed by atoms with Crippen LogP contribution in [0.4, 0.5) is 4.79 Å². The molecule has 2 heterocycles. The van der Waals surface area contributed by atoms with Gasteiger partial charge in [0.15, 0.2) is 0 Å². The molecule has 2 atom stereocenters. The maximum atomic E-state index is 11.4. The lowest BCUT2D eigenvalue weighted by Crippen LogP contribution is -2.48. The van der Waals surface area contributed by atoms with E-state index in [2.05, 4.69) is 4.99 Å². The van der Waals surface area contributed by atoms with E-state index in [1.54, 1.807) is 4.90 Å². The van der Waals surface area contributed by atoms with Gasteiger partial charge in [0.1, 0.15) is 11.9 Å². The number of urea groups is 1. The lowest BCUT2D eigenvalue weighted by molar-refractivity contribution is 0.0686. The van der Waals surface area contributed by atoms with Gasteiger partial charge in [-0.25, -0.2) is 4.79 Å². The van der Waals surface area contributed by atoms with E-state index in [9.17, 15) is 4.79 Å². The lowest BCUT2D eigenvalue weighted by Gasteiger charge is -2.26. The van der Waals surface area contributed by atoms with Gasteiger partial charge in [0, 0.05) is 13.2 Å². The van der Waals surface area contributed by atoms with E-state index in [4.69, 9.17) is 10.5 Å². The molecule has 0 spiro atoms. The summed E-state index contributed by atoms with van der Waals surface area (Å²) in [6.07, 6.45) is 2.05. The number of ether oxygens (including phenoxy) is 1. The summed E-state index contributed by atoms with van der Waals surface area (Å²) >= 11 is 0. The number of hydrogen-bond donors (Lipinski definition) is 1. The Morgan fingerprint density at radius 1 is 1.71 bits per heavy atom. The number of aliphatic imine (C=N–C) groups is 1. The summed E-state index contributed by atoms with van der Waals surface area (Å²) in [6.45, 7) is 3.32. The summed E-state index contributed by atoms with van der Waals surface area (Å²) in [4.78, 5) is 16.8. The van der Waals surface area contributed by atoms with Crippen molar-refractivity contribution < 1.29 is 9.53 Å². The predicted molar refractivity (Wildman–Crippen MR) is 52.2 cm³/mol. The van der Waals surface area contributed by atoms with Crippen LogP contribution in [0, 0.1) is 0 Å². The highest BCUT2D eigenvalue weighted by Crippen LogP contribution is 2.23. The van der Waals surface area contributed by atoms with Crippen LogP contribution in [-0.2, 0) is 4.74 Å². The van der Waals surface area contributed by atoms with Gasteiger partial charge in [-0.15, -0.1) is 0 Å². The summed E-state index contributed by atoms with van der Waals surface area (Å²) in [5.74, 6) is 0.406. The second-order valence-corrected chi connectivity index (χ2v) is 3.60. The third kappa shape index (κ3) is 1.37. The van der Waals surface area contributed by atoms with Crippen molar-refractivity contribution in [2.24, 2.45) is 10.7 Å². The highest BCUT2D eigenvalue weighted by Gasteiger charge is 2.39. The van der Waals surface area contributed by atoms with Gasteiger partial charge in [0.2, 0.25) is 0 Å². The van der Waals surface area contributed by atoms with Crippen molar-refractivity contribution in [2.45, 2.75) is 31.9 Å². The smallest absolute Gasteiger partial charge is 0.345 e. The van der Waals surface area contributed by atoms with E-state index < -0.39 is 0 Å². The van der Waals surface area contributed by atoms with E-state index in [-0.39, 0.29) is 18.2 Å². The minimum Gasteiger partial charge on any atom is -0.385 e. The SMILES string of the molecule is CCN1C(=O)N=C(N)C1C1CCCO1. The molecule has 0 aliphatic carbocycles. The van der Waals surface area contributed by atoms with Crippen LogP contribution in [0.5, 0.6) is 0 Å². The molecule has 14 heavy (non-hydrogen) atoms. The number of carbonyl (C=O) groups excluding carboxylic acids is 1. The maximum absolute atomic E-state index is 11.4. The molecular formula is C9H15N3O2. The number of hydrogen-bond acceptors (Lipinski definition) is 3. The van der Waals surface area contributed by atoms with Crippen LogP contribution in [0.1, 0.15) is 19.8 Å². The number of amidine groups is 1. The molecule has 5 nitrogen and oxygen atoms in total. The van der Waals surface area contributed by atoms with Gasteiger partial charge in [-0.05, 0) is 19.8 Å². The van der Waals surface area contributed by atoms with Crippen LogP contribution in [0.25, 0.3) is 0 Å². The van der Waals surface area contributed by atoms with E-state index in [1.807, 2.05) is 6.92 Å². The van der Waals surface area contributed by atoms with Gasteiger partial charge in [-0.2, -0.15) is 4.99 Å². The van der Waals surface area contributed by atoms with Gasteiger partial charge in [0.05, 0.1) is 6.10 Å². The number of nitrogens with zero attached hydrogens (tertiary/aromatic N) is 2. The number of likely N-dealkylation sites (N-methyl/N-ethyl adjacent to an activating group) is 1. The molecule has 5 heteroatoms. The molecule has 0 aromatic carbocycles. The first-order valence-corrected chi connectivity index (χ1v) is 5.00. The zero-order chi connectivity index (χ0) is 10.1. The molecule has 0 aromatic heterocycles. The largest absolute Gasteiger partial charge is 0.385 e. The molecule has 2 aliphatic heterocycles. The third-order valence-electron chi connectivity index (χ3n) is 2.77. The zero-order valence-corrected chi connectivity index (χ0v) is 8.27. The molecule has 2 aliphatic rings. The van der Waals surface area contributed by atoms with Crippen molar-refractivity contribution in [2.75, 3.05) is 13.2 Å². The number of rotatable bonds is 2. The van der Waals surface area contributed by atoms with Gasteiger partial charge in [-0.1, -0.05) is 0 Å². The minimum atomic E-state index is -0.231. The Balaban J connectivity index is 2.15. The van der Waals surface area contributed by atoms with Crippen molar-refractivity contribution in [3.8, 4) is 0 Å². The molecule has 0 saturated carbocycles. The molecule has 2 N–H and O–H groups in total. The molecular weight excluding hydrogens is 182 g/mol. The summed E-state index contributed by atoms with van der Waals surface area (Å²) < 4.78 is 5.53. The quantitative estimate of drug-likeness (QED) is 0.694. The second-order valence-electron chi connectivity index (χ2n) is 3.60. The lowest BCUT2D eigenvalue weighted by atomic mass is 10.1. The first-order chi connectivity index (χ1) is 6.74. The second kappa shape index (κ2) is 3.57. The monoisotopic (exact) mass is 197 g/mol. The molecule has 0 radical (unpaired) electrons. The third-order valence-corrected chi connectivity index (χ3v) is 2.77. The molecule has 2 unspecified atom stereocenters. The van der Waals surface area contributed by atoms with Crippen LogP contribution >= 0.6 is 0 Å². The van der Waals surface area contributed by atoms with Gasteiger partial charge in [0.25, 0.3) is 0 Å². The standard InChI is InChI=1S/C9H15N3O2/c1-2-12-7(6-4-3-5-14-6)8(10)11-9(12)13/h6-7H,2-5H2,1H3,(H2,10,11,13). The molecule has 2 amide bonds. The summed E-state index contributed by atoms with van der Waals surface area (Å²) in [6, 6.07) is -0.361. The highest BCUT2D eigenvalue weighted by molar-refractivity contribution is 6.03. The molecule has 78 valence electrons. The Bertz CT molecular complexity index is 271. The minimum absolute atomic E-state index is 0.0464. The Labute approximate surface area is 82.9 Å². The topological polar surface area (TPSA) is 67.9 Å². The number of nitrogens with two attached hydrogens (primary N) is 1. The van der Waals surface area contributed by atoms with Crippen LogP contribution in [0.3, 0.4) is 0 Å². The fraction of sp³-hybridized carbons (Fsp3) is 0.778. The first kappa shape index (κ1) is 9.45. The summed E-state index contributed by atoms with van der Waals surface area (Å²) in [7, 11) is 0. The zero-order valence-electron chi connectivity index (χ0n) is 8.27. The van der Waals surface area contributed by atoms with E-state index >= 15 is 0 Å². The Kier molecular flexibility index (Phi) is 2.41. The fourth-order valence-electron chi connectivity index (χ4n) is 2.09. The van der Waals surface area contributed by atoms with Crippen molar-refractivity contribution >= 4 is 11.9 Å². The molecule has 1 saturated heterocycles. The van der Waals surface area contributed by atoms with Gasteiger partial charge >= 0.3 is 6.03 Å². The van der Waals surface area contributed by atoms with Gasteiger partial charge < -0.3 is 15.4 Å². The predicted octanol–water partition coefficient (Wildman–Crippen LogP) is 0.347. The first-order valence-electron chi connectivity index (χ1n) is 5.00. The van der Waals surface area contributed by atoms with E-state index in [0.29, 0.717) is 12.4 Å². The Morgan fingerprint density at radius 3 is 3.07 bits per heavy atom. The van der Waals surface area contributed by atoms with Crippen LogP contribution < -0.4 is 5.73 Å². The Hall–Kier alpha value is -1.10. The summed E-state index contributed by atoms with van der Waals surface area (Å²) in [5, 5.41) is 0. The molecule has 0 aromatic rings. The van der Waals surface area contributed by atoms with Crippen molar-refractivity contribution in [1.82, 2.24) is 4.90 Å². The number of carbonyl (C=O) groups is 1. The average molecular weight is 197 g/mol. The summed E-state index contributed by atoms with van der Waals surface area (Å²) in [5.41, 5.74) is 5.72. The van der Waals surface area contributed by atoms with E-state index in [1.165, 1.54) is 0 Å². The molecule has 2 rings (SSSR count). The van der Waals surface area contributed by atoms with E-state index in [0.717, 1.165) is 19.4 Å². The number of amides is 2. The molecule has 0 bridgehead atoms. The highest BCUT2D eigenvalue weighted by atomic mass is 16.5. The van der Waals surface area contributed by atoms with Crippen molar-refractivity contribution in [1.29, 1.82) is 0 Å². The normalized spacial score (nSPS) is 32.5.